The number of pyridine rings is 2. The molecule has 0 unspecified atom stereocenters. The molecular weight excluding hydrogens is 404 g/mol. The zero-order valence-corrected chi connectivity index (χ0v) is 18.6. The molecule has 7 N–H and O–H groups in total. The van der Waals surface area contributed by atoms with Gasteiger partial charge in [0.1, 0.15) is 11.6 Å². The van der Waals surface area contributed by atoms with E-state index in [9.17, 15) is 4.79 Å². The van der Waals surface area contributed by atoms with Crippen molar-refractivity contribution in [3.8, 4) is 0 Å². The number of fused-ring (bicyclic) bond motifs is 1. The van der Waals surface area contributed by atoms with Gasteiger partial charge in [0.15, 0.2) is 0 Å². The van der Waals surface area contributed by atoms with Crippen molar-refractivity contribution >= 4 is 34.5 Å². The van der Waals surface area contributed by atoms with Gasteiger partial charge in [0.25, 0.3) is 0 Å². The predicted molar refractivity (Wildman–Crippen MR) is 128 cm³/mol. The van der Waals surface area contributed by atoms with Crippen LogP contribution in [0.2, 0.25) is 0 Å². The van der Waals surface area contributed by atoms with E-state index in [4.69, 9.17) is 16.9 Å². The highest BCUT2D eigenvalue weighted by atomic mass is 16.1. The van der Waals surface area contributed by atoms with Gasteiger partial charge in [-0.1, -0.05) is 13.8 Å². The van der Waals surface area contributed by atoms with Crippen LogP contribution in [0.25, 0.3) is 16.6 Å². The number of nitrogens with one attached hydrogen (secondary N) is 3. The second kappa shape index (κ2) is 9.95. The maximum Gasteiger partial charge on any atom is 0.209 e. The molecule has 0 saturated carbocycles. The second-order valence-corrected chi connectivity index (χ2v) is 8.02. The quantitative estimate of drug-likeness (QED) is 0.230. The smallest absolute Gasteiger partial charge is 0.209 e. The van der Waals surface area contributed by atoms with Gasteiger partial charge in [-0.2, -0.15) is 0 Å². The molecule has 1 saturated heterocycles. The van der Waals surface area contributed by atoms with Crippen molar-refractivity contribution in [1.29, 1.82) is 5.41 Å². The number of rotatable bonds is 9. The molecule has 0 aliphatic carbocycles. The minimum atomic E-state index is 0.00662. The minimum absolute atomic E-state index is 0.00662. The molecule has 1 amide bonds. The first-order chi connectivity index (χ1) is 15.4. The topological polar surface area (TPSA) is 146 Å². The Hall–Kier alpha value is -3.88. The van der Waals surface area contributed by atoms with Gasteiger partial charge < -0.3 is 32.4 Å². The molecule has 0 aromatic carbocycles. The standard InChI is InChI=1S/C23H30N8O/c1-14(2)15(8-24)7-21(25)30-22-5-4-19-20(29-22)6-16(9-28-19)18(10-27-3)23(26)17-11-31(12-17)13-32/h4-10,13-14,17,26-27H,11-12,24-25H2,1-3H3,(H,29,30)/b15-8+,18-10-,21-7+,26-23?. The Labute approximate surface area is 187 Å². The maximum absolute atomic E-state index is 10.9. The summed E-state index contributed by atoms with van der Waals surface area (Å²) in [5.41, 5.74) is 16.1. The van der Waals surface area contributed by atoms with E-state index in [1.807, 2.05) is 32.0 Å². The fourth-order valence-electron chi connectivity index (χ4n) is 3.46. The first-order valence-corrected chi connectivity index (χ1v) is 10.4. The fraction of sp³-hybridized carbons (Fsp3) is 0.304. The van der Waals surface area contributed by atoms with E-state index in [-0.39, 0.29) is 11.8 Å². The minimum Gasteiger partial charge on any atom is -0.404 e. The zero-order chi connectivity index (χ0) is 23.3. The van der Waals surface area contributed by atoms with Crippen molar-refractivity contribution in [1.82, 2.24) is 20.2 Å². The van der Waals surface area contributed by atoms with Crippen LogP contribution in [0.1, 0.15) is 19.4 Å². The van der Waals surface area contributed by atoms with Gasteiger partial charge in [-0.15, -0.1) is 0 Å². The summed E-state index contributed by atoms with van der Waals surface area (Å²) in [5, 5.41) is 14.7. The van der Waals surface area contributed by atoms with Crippen LogP contribution in [-0.2, 0) is 4.79 Å². The van der Waals surface area contributed by atoms with Crippen LogP contribution in [-0.4, -0.2) is 47.1 Å². The monoisotopic (exact) mass is 434 g/mol. The Morgan fingerprint density at radius 1 is 1.31 bits per heavy atom. The van der Waals surface area contributed by atoms with E-state index in [0.717, 1.165) is 28.6 Å². The number of allylic oxidation sites excluding steroid dienone is 3. The molecule has 9 nitrogen and oxygen atoms in total. The van der Waals surface area contributed by atoms with E-state index in [1.165, 1.54) is 0 Å². The molecule has 0 atom stereocenters. The van der Waals surface area contributed by atoms with Crippen LogP contribution in [0, 0.1) is 17.2 Å². The second-order valence-electron chi connectivity index (χ2n) is 8.02. The number of amides is 1. The van der Waals surface area contributed by atoms with Crippen LogP contribution in [0.15, 0.2) is 54.3 Å². The Balaban J connectivity index is 1.87. The summed E-state index contributed by atoms with van der Waals surface area (Å²) in [6.07, 6.45) is 7.67. The van der Waals surface area contributed by atoms with Gasteiger partial charge >= 0.3 is 0 Å². The zero-order valence-electron chi connectivity index (χ0n) is 18.6. The highest BCUT2D eigenvalue weighted by Gasteiger charge is 2.31. The highest BCUT2D eigenvalue weighted by Crippen LogP contribution is 2.26. The van der Waals surface area contributed by atoms with E-state index in [1.54, 1.807) is 36.6 Å². The number of likely N-dealkylation sites (tertiary alicyclic amines) is 1. The number of anilines is 1. The third kappa shape index (κ3) is 5.05. The number of carbonyl (C=O) groups excluding carboxylic acids is 1. The van der Waals surface area contributed by atoms with Crippen molar-refractivity contribution in [2.45, 2.75) is 13.8 Å². The van der Waals surface area contributed by atoms with Gasteiger partial charge in [0.05, 0.1) is 11.0 Å². The summed E-state index contributed by atoms with van der Waals surface area (Å²) in [4.78, 5) is 21.7. The van der Waals surface area contributed by atoms with Gasteiger partial charge in [-0.25, -0.2) is 4.98 Å². The summed E-state index contributed by atoms with van der Waals surface area (Å²) in [6.45, 7) is 5.19. The summed E-state index contributed by atoms with van der Waals surface area (Å²) in [5.74, 6) is 1.28. The van der Waals surface area contributed by atoms with E-state index >= 15 is 0 Å². The highest BCUT2D eigenvalue weighted by molar-refractivity contribution is 6.24. The average Bonchev–Trinajstić information content (AvgIpc) is 2.74. The van der Waals surface area contributed by atoms with E-state index < -0.39 is 0 Å². The van der Waals surface area contributed by atoms with Crippen LogP contribution >= 0.6 is 0 Å². The van der Waals surface area contributed by atoms with Crippen molar-refractivity contribution in [3.05, 3.63) is 59.8 Å². The first-order valence-electron chi connectivity index (χ1n) is 10.4. The summed E-state index contributed by atoms with van der Waals surface area (Å²) >= 11 is 0. The van der Waals surface area contributed by atoms with Crippen molar-refractivity contribution in [2.24, 2.45) is 23.3 Å². The molecule has 0 radical (unpaired) electrons. The van der Waals surface area contributed by atoms with Gasteiger partial charge in [-0.3, -0.25) is 9.78 Å². The summed E-state index contributed by atoms with van der Waals surface area (Å²) < 4.78 is 0. The number of carbonyl (C=O) groups is 1. The van der Waals surface area contributed by atoms with Gasteiger partial charge in [0, 0.05) is 55.3 Å². The van der Waals surface area contributed by atoms with Crippen LogP contribution < -0.4 is 22.1 Å². The number of hydrogen-bond acceptors (Lipinski definition) is 8. The Kier molecular flexibility index (Phi) is 7.09. The molecular formula is C23H30N8O. The molecule has 3 rings (SSSR count). The molecule has 168 valence electrons. The average molecular weight is 435 g/mol. The molecule has 1 fully saturated rings. The molecule has 0 bridgehead atoms. The van der Waals surface area contributed by atoms with Crippen LogP contribution in [0.5, 0.6) is 0 Å². The predicted octanol–water partition coefficient (Wildman–Crippen LogP) is 2.01. The Morgan fingerprint density at radius 2 is 2.06 bits per heavy atom. The first kappa shape index (κ1) is 22.8. The largest absolute Gasteiger partial charge is 0.404 e. The molecule has 3 heterocycles. The molecule has 0 spiro atoms. The molecule has 2 aromatic rings. The molecule has 2 aromatic heterocycles. The number of nitrogens with two attached hydrogens (primary N) is 2. The Bertz CT molecular complexity index is 1100. The lowest BCUT2D eigenvalue weighted by molar-refractivity contribution is -0.122. The van der Waals surface area contributed by atoms with E-state index in [0.29, 0.717) is 36.0 Å². The Morgan fingerprint density at radius 3 is 2.69 bits per heavy atom. The molecule has 9 heteroatoms. The van der Waals surface area contributed by atoms with Crippen molar-refractivity contribution in [2.75, 3.05) is 25.5 Å². The lowest BCUT2D eigenvalue weighted by atomic mass is 9.88. The molecule has 1 aliphatic heterocycles. The number of aromatic nitrogens is 2. The summed E-state index contributed by atoms with van der Waals surface area (Å²) in [7, 11) is 1.79. The fourth-order valence-corrected chi connectivity index (χ4v) is 3.46. The lowest BCUT2D eigenvalue weighted by Crippen LogP contribution is -2.49. The lowest BCUT2D eigenvalue weighted by Gasteiger charge is -2.37. The van der Waals surface area contributed by atoms with Crippen LogP contribution in [0.4, 0.5) is 5.82 Å². The normalized spacial score (nSPS) is 15.6. The third-order valence-corrected chi connectivity index (χ3v) is 5.35. The van der Waals surface area contributed by atoms with E-state index in [2.05, 4.69) is 20.6 Å². The number of hydrogen-bond donors (Lipinski definition) is 5. The summed E-state index contributed by atoms with van der Waals surface area (Å²) in [6, 6.07) is 5.58. The number of nitrogens with zero attached hydrogens (tertiary/aromatic N) is 3. The van der Waals surface area contributed by atoms with Crippen molar-refractivity contribution in [3.63, 3.8) is 0 Å². The third-order valence-electron chi connectivity index (χ3n) is 5.35. The molecule has 1 aliphatic rings. The van der Waals surface area contributed by atoms with Gasteiger partial charge in [0.2, 0.25) is 6.41 Å². The SMILES string of the molecule is CN/C=C(\C(=N)C1CN(C=O)C1)c1cnc2ccc(N/C(N)=C/C(=C\N)C(C)C)nc2c1. The van der Waals surface area contributed by atoms with Crippen molar-refractivity contribution < 1.29 is 4.79 Å². The van der Waals surface area contributed by atoms with Gasteiger partial charge in [-0.05, 0) is 42.0 Å². The van der Waals surface area contributed by atoms with Crippen LogP contribution in [0.3, 0.4) is 0 Å². The molecule has 32 heavy (non-hydrogen) atoms. The maximum atomic E-state index is 10.9.